The van der Waals surface area contributed by atoms with Gasteiger partial charge in [0.05, 0.1) is 25.7 Å². The molecule has 3 aromatic carbocycles. The Balaban J connectivity index is 1.52. The van der Waals surface area contributed by atoms with Crippen molar-refractivity contribution in [1.82, 2.24) is 10.3 Å². The van der Waals surface area contributed by atoms with E-state index in [-0.39, 0.29) is 23.9 Å². The standard InChI is InChI=1S/C35H35N3O3/c1-3-25-23-38(33(39)20-24-10-6-4-7-11-24)19-17-27(25)21-32(38)34(37-35(40)26-12-8-5-9-13-26)29-16-18-36-31-15-14-28(41-2)22-30(29)31/h3-16,18,20,22,25,27,32,34H,1,17,19,21,23H2,2H3,(H-,37,39,40)/p+1/b33-20-/t25?,27?,32-,34+,38?/m0/s1. The first kappa shape index (κ1) is 26.8. The Morgan fingerprint density at radius 2 is 1.85 bits per heavy atom. The predicted molar refractivity (Wildman–Crippen MR) is 162 cm³/mol. The van der Waals surface area contributed by atoms with Crippen molar-refractivity contribution in [2.45, 2.75) is 24.9 Å². The zero-order chi connectivity index (χ0) is 28.4. The quantitative estimate of drug-likeness (QED) is 0.147. The number of amides is 1. The van der Waals surface area contributed by atoms with Gasteiger partial charge in [-0.25, -0.2) is 0 Å². The number of hydrogen-bond donors (Lipinski definition) is 2. The maximum absolute atomic E-state index is 13.8. The number of ether oxygens (including phenoxy) is 1. The van der Waals surface area contributed by atoms with Gasteiger partial charge in [-0.3, -0.25) is 14.3 Å². The Hall–Kier alpha value is -4.42. The molecule has 208 valence electrons. The van der Waals surface area contributed by atoms with Crippen molar-refractivity contribution in [3.8, 4) is 5.75 Å². The monoisotopic (exact) mass is 546 g/mol. The minimum absolute atomic E-state index is 0.102. The van der Waals surface area contributed by atoms with Crippen LogP contribution >= 0.6 is 0 Å². The van der Waals surface area contributed by atoms with Gasteiger partial charge in [-0.1, -0.05) is 54.6 Å². The lowest BCUT2D eigenvalue weighted by Crippen LogP contribution is -2.68. The molecule has 0 spiro atoms. The van der Waals surface area contributed by atoms with Crippen LogP contribution in [0.25, 0.3) is 17.0 Å². The third kappa shape index (κ3) is 5.00. The molecule has 2 N–H and O–H groups in total. The van der Waals surface area contributed by atoms with E-state index < -0.39 is 0 Å². The van der Waals surface area contributed by atoms with E-state index in [9.17, 15) is 9.90 Å². The van der Waals surface area contributed by atoms with Crippen molar-refractivity contribution in [2.24, 2.45) is 11.8 Å². The number of fused-ring (bicyclic) bond motifs is 4. The van der Waals surface area contributed by atoms with Crippen LogP contribution in [0.4, 0.5) is 0 Å². The smallest absolute Gasteiger partial charge is 0.289 e. The highest BCUT2D eigenvalue weighted by molar-refractivity contribution is 5.95. The zero-order valence-electron chi connectivity index (χ0n) is 23.3. The number of carbonyl (C=O) groups is 1. The Labute approximate surface area is 241 Å². The molecule has 6 heteroatoms. The van der Waals surface area contributed by atoms with E-state index in [4.69, 9.17) is 4.74 Å². The normalized spacial score (nSPS) is 24.5. The molecular weight excluding hydrogens is 510 g/mol. The van der Waals surface area contributed by atoms with Crippen LogP contribution in [0, 0.1) is 11.8 Å². The number of aromatic nitrogens is 1. The van der Waals surface area contributed by atoms with E-state index in [1.807, 2.05) is 97.1 Å². The van der Waals surface area contributed by atoms with Crippen molar-refractivity contribution >= 4 is 22.9 Å². The van der Waals surface area contributed by atoms with Gasteiger partial charge in [0.1, 0.15) is 17.8 Å². The molecule has 4 aromatic rings. The first-order valence-electron chi connectivity index (χ1n) is 14.3. The lowest BCUT2D eigenvalue weighted by molar-refractivity contribution is -0.949. The molecule has 3 aliphatic heterocycles. The number of nitrogens with one attached hydrogen (secondary N) is 1. The second kappa shape index (κ2) is 11.2. The third-order valence-corrected chi connectivity index (χ3v) is 9.10. The third-order valence-electron chi connectivity index (χ3n) is 9.10. The van der Waals surface area contributed by atoms with Crippen molar-refractivity contribution in [1.29, 1.82) is 0 Å². The van der Waals surface area contributed by atoms with Crippen LogP contribution < -0.4 is 10.1 Å². The molecule has 41 heavy (non-hydrogen) atoms. The Bertz CT molecular complexity index is 1590. The average molecular weight is 547 g/mol. The molecule has 3 saturated heterocycles. The van der Waals surface area contributed by atoms with Crippen LogP contribution in [-0.4, -0.2) is 46.7 Å². The maximum atomic E-state index is 13.8. The summed E-state index contributed by atoms with van der Waals surface area (Å²) in [6.45, 7) is 5.68. The minimum Gasteiger partial charge on any atom is -0.497 e. The van der Waals surface area contributed by atoms with Gasteiger partial charge in [0.15, 0.2) is 0 Å². The summed E-state index contributed by atoms with van der Waals surface area (Å²) in [7, 11) is 1.65. The molecule has 3 fully saturated rings. The van der Waals surface area contributed by atoms with Crippen molar-refractivity contribution in [3.05, 3.63) is 126 Å². The number of rotatable bonds is 8. The van der Waals surface area contributed by atoms with Crippen LogP contribution in [0.3, 0.4) is 0 Å². The molecule has 5 atom stereocenters. The van der Waals surface area contributed by atoms with Crippen LogP contribution in [0.15, 0.2) is 110 Å². The summed E-state index contributed by atoms with van der Waals surface area (Å²) in [5, 5.41) is 16.3. The van der Waals surface area contributed by atoms with Gasteiger partial charge in [-0.05, 0) is 53.4 Å². The van der Waals surface area contributed by atoms with Crippen molar-refractivity contribution in [2.75, 3.05) is 20.2 Å². The van der Waals surface area contributed by atoms with E-state index in [0.29, 0.717) is 21.8 Å². The molecule has 2 bridgehead atoms. The number of pyridine rings is 1. The predicted octanol–water partition coefficient (Wildman–Crippen LogP) is 6.68. The molecule has 0 saturated carbocycles. The largest absolute Gasteiger partial charge is 0.497 e. The summed E-state index contributed by atoms with van der Waals surface area (Å²) in [4.78, 5) is 18.4. The summed E-state index contributed by atoms with van der Waals surface area (Å²) < 4.78 is 5.96. The van der Waals surface area contributed by atoms with Crippen LogP contribution in [0.5, 0.6) is 5.75 Å². The van der Waals surface area contributed by atoms with Gasteiger partial charge in [-0.2, -0.15) is 0 Å². The molecule has 3 aliphatic rings. The second-order valence-electron chi connectivity index (χ2n) is 11.2. The van der Waals surface area contributed by atoms with Gasteiger partial charge in [0.25, 0.3) is 11.8 Å². The Kier molecular flexibility index (Phi) is 7.33. The average Bonchev–Trinajstić information content (AvgIpc) is 3.04. The van der Waals surface area contributed by atoms with Gasteiger partial charge in [0, 0.05) is 42.0 Å². The molecule has 7 rings (SSSR count). The Morgan fingerprint density at radius 3 is 2.59 bits per heavy atom. The molecule has 6 nitrogen and oxygen atoms in total. The summed E-state index contributed by atoms with van der Waals surface area (Å²) >= 11 is 0. The van der Waals surface area contributed by atoms with Gasteiger partial charge in [-0.15, -0.1) is 6.58 Å². The van der Waals surface area contributed by atoms with E-state index >= 15 is 0 Å². The minimum atomic E-state index is -0.389. The fourth-order valence-corrected chi connectivity index (χ4v) is 6.97. The van der Waals surface area contributed by atoms with Crippen LogP contribution in [0.1, 0.15) is 40.4 Å². The highest BCUT2D eigenvalue weighted by Crippen LogP contribution is 2.49. The fourth-order valence-electron chi connectivity index (χ4n) is 6.97. The summed E-state index contributed by atoms with van der Waals surface area (Å²) in [6, 6.07) is 26.6. The van der Waals surface area contributed by atoms with Gasteiger partial charge >= 0.3 is 0 Å². The number of quaternary nitrogens is 1. The number of aliphatic hydroxyl groups excluding tert-OH is 1. The first-order valence-corrected chi connectivity index (χ1v) is 14.3. The van der Waals surface area contributed by atoms with Crippen molar-refractivity contribution in [3.63, 3.8) is 0 Å². The van der Waals surface area contributed by atoms with E-state index in [1.165, 1.54) is 0 Å². The van der Waals surface area contributed by atoms with Crippen LogP contribution in [-0.2, 0) is 0 Å². The van der Waals surface area contributed by atoms with Gasteiger partial charge in [0.2, 0.25) is 0 Å². The fraction of sp³-hybridized carbons (Fsp3) is 0.257. The molecule has 3 unspecified atom stereocenters. The number of piperidine rings is 3. The zero-order valence-corrected chi connectivity index (χ0v) is 23.3. The number of nitrogens with zero attached hydrogens (tertiary/aromatic N) is 2. The SMILES string of the molecule is C=CC1C[N+]2(/C(O)=C/c3ccccc3)CCC1C[C@H]2[C@H](NC(=O)c1ccccc1)c1ccnc2ccc(OC)cc12. The maximum Gasteiger partial charge on any atom is 0.289 e. The lowest BCUT2D eigenvalue weighted by Gasteiger charge is -2.57. The summed E-state index contributed by atoms with van der Waals surface area (Å²) in [5.74, 6) is 1.62. The highest BCUT2D eigenvalue weighted by atomic mass is 16.5. The topological polar surface area (TPSA) is 71.5 Å². The molecule has 1 amide bonds. The Morgan fingerprint density at radius 1 is 1.10 bits per heavy atom. The first-order chi connectivity index (χ1) is 20.0. The number of carbonyl (C=O) groups excluding carboxylic acids is 1. The highest BCUT2D eigenvalue weighted by Gasteiger charge is 2.57. The van der Waals surface area contributed by atoms with E-state index in [1.54, 1.807) is 13.3 Å². The van der Waals surface area contributed by atoms with Crippen molar-refractivity contribution < 1.29 is 19.1 Å². The summed E-state index contributed by atoms with van der Waals surface area (Å²) in [5.41, 5.74) is 3.35. The van der Waals surface area contributed by atoms with E-state index in [0.717, 1.165) is 53.7 Å². The number of benzene rings is 3. The summed E-state index contributed by atoms with van der Waals surface area (Å²) in [6.07, 6.45) is 7.58. The number of aliphatic hydroxyl groups is 1. The molecule has 0 radical (unpaired) electrons. The van der Waals surface area contributed by atoms with Crippen LogP contribution in [0.2, 0.25) is 0 Å². The molecular formula is C35H36N3O3+. The lowest BCUT2D eigenvalue weighted by atomic mass is 9.70. The van der Waals surface area contributed by atoms with Gasteiger partial charge < -0.3 is 15.2 Å². The second-order valence-corrected chi connectivity index (χ2v) is 11.2. The number of methoxy groups -OCH3 is 1. The molecule has 0 aliphatic carbocycles. The molecule has 1 aromatic heterocycles. The van der Waals surface area contributed by atoms with E-state index in [2.05, 4.69) is 16.9 Å². The molecule has 4 heterocycles. The number of hydrogen-bond acceptors (Lipinski definition) is 4.